The molecule has 22 heavy (non-hydrogen) atoms. The van der Waals surface area contributed by atoms with Crippen molar-refractivity contribution < 1.29 is 0 Å². The van der Waals surface area contributed by atoms with E-state index in [9.17, 15) is 0 Å². The Bertz CT molecular complexity index is 504. The van der Waals surface area contributed by atoms with Gasteiger partial charge in [0.05, 0.1) is 0 Å². The summed E-state index contributed by atoms with van der Waals surface area (Å²) in [5, 5.41) is 0. The van der Waals surface area contributed by atoms with E-state index in [0.717, 1.165) is 23.7 Å². The number of alkyl halides is 1. The first-order valence-electron chi connectivity index (χ1n) is 9.53. The summed E-state index contributed by atoms with van der Waals surface area (Å²) in [6.45, 7) is 5.23. The van der Waals surface area contributed by atoms with Crippen molar-refractivity contribution in [2.45, 2.75) is 65.2 Å². The highest BCUT2D eigenvalue weighted by Gasteiger charge is 2.57. The Kier molecular flexibility index (Phi) is 4.03. The van der Waals surface area contributed by atoms with Crippen LogP contribution in [0.25, 0.3) is 0 Å². The first-order chi connectivity index (χ1) is 10.6. The molecule has 0 aromatic heterocycles. The van der Waals surface area contributed by atoms with Crippen molar-refractivity contribution in [2.75, 3.05) is 4.43 Å². The zero-order valence-corrected chi connectivity index (χ0v) is 16.4. The second-order valence-electron chi connectivity index (χ2n) is 8.86. The van der Waals surface area contributed by atoms with Gasteiger partial charge in [-0.1, -0.05) is 60.2 Å². The number of allylic oxidation sites excluding steroid dienone is 4. The van der Waals surface area contributed by atoms with Crippen molar-refractivity contribution >= 4 is 22.6 Å². The van der Waals surface area contributed by atoms with Crippen LogP contribution in [0.3, 0.4) is 0 Å². The zero-order valence-electron chi connectivity index (χ0n) is 14.3. The molecule has 0 aliphatic heterocycles. The quantitative estimate of drug-likeness (QED) is 0.275. The molecule has 0 radical (unpaired) electrons. The number of hydrogen-bond donors (Lipinski definition) is 0. The SMILES string of the molecule is C[C@]12CC[C@H]3[C@@H](CCC4=CCC=C[C@@]43C)[C@@H]1CC[C@@H]2CCI. The highest BCUT2D eigenvalue weighted by Crippen LogP contribution is 2.66. The van der Waals surface area contributed by atoms with Gasteiger partial charge in [0, 0.05) is 5.41 Å². The molecule has 4 aliphatic rings. The normalized spacial score (nSPS) is 50.0. The molecule has 0 bridgehead atoms. The molecule has 4 rings (SSSR count). The molecular formula is C21H31I. The van der Waals surface area contributed by atoms with E-state index in [1.807, 2.05) is 0 Å². The van der Waals surface area contributed by atoms with Gasteiger partial charge in [0.25, 0.3) is 0 Å². The summed E-state index contributed by atoms with van der Waals surface area (Å²) in [6, 6.07) is 0. The van der Waals surface area contributed by atoms with Crippen LogP contribution in [-0.4, -0.2) is 4.43 Å². The maximum absolute atomic E-state index is 2.67. The lowest BCUT2D eigenvalue weighted by molar-refractivity contribution is -0.0339. The Morgan fingerprint density at radius 3 is 2.82 bits per heavy atom. The van der Waals surface area contributed by atoms with E-state index in [4.69, 9.17) is 0 Å². The van der Waals surface area contributed by atoms with Gasteiger partial charge < -0.3 is 0 Å². The fourth-order valence-electron chi connectivity index (χ4n) is 7.05. The zero-order chi connectivity index (χ0) is 15.4. The molecule has 0 amide bonds. The minimum atomic E-state index is 0.407. The van der Waals surface area contributed by atoms with Gasteiger partial charge in [-0.3, -0.25) is 0 Å². The van der Waals surface area contributed by atoms with Crippen molar-refractivity contribution in [1.82, 2.24) is 0 Å². The molecule has 0 spiro atoms. The van der Waals surface area contributed by atoms with Gasteiger partial charge >= 0.3 is 0 Å². The summed E-state index contributed by atoms with van der Waals surface area (Å²) in [5.41, 5.74) is 2.85. The maximum atomic E-state index is 2.67. The first kappa shape index (κ1) is 15.7. The Balaban J connectivity index is 1.64. The van der Waals surface area contributed by atoms with Crippen molar-refractivity contribution in [2.24, 2.45) is 34.5 Å². The van der Waals surface area contributed by atoms with E-state index in [-0.39, 0.29) is 0 Å². The second-order valence-corrected chi connectivity index (χ2v) is 9.94. The standard InChI is InChI=1S/C21H31I/c1-20-12-4-3-5-15(20)6-8-17-18-9-7-16(11-14-22)21(18,2)13-10-19(17)20/h4-5,12,16-19H,3,6-11,13-14H2,1-2H3/t16-,17+,18+,19+,20+,21-/m1/s1. The molecule has 4 aliphatic carbocycles. The molecule has 0 nitrogen and oxygen atoms in total. The van der Waals surface area contributed by atoms with Crippen molar-refractivity contribution in [3.05, 3.63) is 23.8 Å². The highest BCUT2D eigenvalue weighted by atomic mass is 127. The molecule has 122 valence electrons. The molecule has 0 unspecified atom stereocenters. The number of fused-ring (bicyclic) bond motifs is 5. The van der Waals surface area contributed by atoms with Crippen LogP contribution in [-0.2, 0) is 0 Å². The summed E-state index contributed by atoms with van der Waals surface area (Å²) in [5.74, 6) is 3.97. The van der Waals surface area contributed by atoms with Gasteiger partial charge in [-0.25, -0.2) is 0 Å². The molecular weight excluding hydrogens is 379 g/mol. The Morgan fingerprint density at radius 1 is 1.14 bits per heavy atom. The van der Waals surface area contributed by atoms with E-state index >= 15 is 0 Å². The summed E-state index contributed by atoms with van der Waals surface area (Å²) in [4.78, 5) is 0. The molecule has 0 aromatic rings. The third kappa shape index (κ3) is 2.13. The van der Waals surface area contributed by atoms with Gasteiger partial charge in [-0.2, -0.15) is 0 Å². The van der Waals surface area contributed by atoms with Crippen LogP contribution >= 0.6 is 22.6 Å². The van der Waals surface area contributed by atoms with Crippen LogP contribution in [0.1, 0.15) is 65.2 Å². The van der Waals surface area contributed by atoms with Crippen LogP contribution in [0.2, 0.25) is 0 Å². The largest absolute Gasteiger partial charge is 0.0864 e. The van der Waals surface area contributed by atoms with E-state index < -0.39 is 0 Å². The predicted octanol–water partition coefficient (Wildman–Crippen LogP) is 6.56. The summed E-state index contributed by atoms with van der Waals surface area (Å²) in [6.07, 6.45) is 19.1. The Labute approximate surface area is 150 Å². The molecule has 3 saturated carbocycles. The molecule has 0 heterocycles. The average Bonchev–Trinajstić information content (AvgIpc) is 2.84. The minimum Gasteiger partial charge on any atom is -0.0864 e. The van der Waals surface area contributed by atoms with Crippen LogP contribution in [0.4, 0.5) is 0 Å². The number of hydrogen-bond acceptors (Lipinski definition) is 0. The molecule has 0 aromatic carbocycles. The van der Waals surface area contributed by atoms with Crippen molar-refractivity contribution in [3.8, 4) is 0 Å². The van der Waals surface area contributed by atoms with Crippen LogP contribution < -0.4 is 0 Å². The third-order valence-electron chi connectivity index (χ3n) is 8.26. The lowest BCUT2D eigenvalue weighted by Gasteiger charge is -2.57. The average molecular weight is 410 g/mol. The molecule has 0 N–H and O–H groups in total. The highest BCUT2D eigenvalue weighted by molar-refractivity contribution is 14.1. The fourth-order valence-corrected chi connectivity index (χ4v) is 7.81. The maximum Gasteiger partial charge on any atom is 0.00936 e. The first-order valence-corrected chi connectivity index (χ1v) is 11.1. The minimum absolute atomic E-state index is 0.407. The predicted molar refractivity (Wildman–Crippen MR) is 103 cm³/mol. The number of halogens is 1. The molecule has 1 heteroatoms. The van der Waals surface area contributed by atoms with Gasteiger partial charge in [0.1, 0.15) is 0 Å². The summed E-state index contributed by atoms with van der Waals surface area (Å²) in [7, 11) is 0. The molecule has 0 saturated heterocycles. The van der Waals surface area contributed by atoms with Gasteiger partial charge in [0.15, 0.2) is 0 Å². The topological polar surface area (TPSA) is 0 Å². The smallest absolute Gasteiger partial charge is 0.00936 e. The van der Waals surface area contributed by atoms with Crippen LogP contribution in [0.15, 0.2) is 23.8 Å². The summed E-state index contributed by atoms with van der Waals surface area (Å²) < 4.78 is 1.35. The van der Waals surface area contributed by atoms with Crippen LogP contribution in [0.5, 0.6) is 0 Å². The number of rotatable bonds is 2. The molecule has 3 fully saturated rings. The Morgan fingerprint density at radius 2 is 2.00 bits per heavy atom. The lowest BCUT2D eigenvalue weighted by Crippen LogP contribution is -2.49. The van der Waals surface area contributed by atoms with Crippen LogP contribution in [0, 0.1) is 34.5 Å². The lowest BCUT2D eigenvalue weighted by atomic mass is 9.48. The Hall–Kier alpha value is 0.210. The van der Waals surface area contributed by atoms with E-state index in [0.29, 0.717) is 10.8 Å². The van der Waals surface area contributed by atoms with E-state index in [1.165, 1.54) is 55.8 Å². The fraction of sp³-hybridized carbons (Fsp3) is 0.810. The van der Waals surface area contributed by atoms with Gasteiger partial charge in [0.2, 0.25) is 0 Å². The second kappa shape index (κ2) is 5.63. The summed E-state index contributed by atoms with van der Waals surface area (Å²) >= 11 is 2.59. The van der Waals surface area contributed by atoms with E-state index in [1.54, 1.807) is 5.57 Å². The van der Waals surface area contributed by atoms with Crippen molar-refractivity contribution in [3.63, 3.8) is 0 Å². The van der Waals surface area contributed by atoms with Gasteiger partial charge in [-0.05, 0) is 84.9 Å². The monoisotopic (exact) mass is 410 g/mol. The molecule has 6 atom stereocenters. The van der Waals surface area contributed by atoms with Crippen molar-refractivity contribution in [1.29, 1.82) is 0 Å². The van der Waals surface area contributed by atoms with E-state index in [2.05, 4.69) is 54.7 Å². The third-order valence-corrected chi connectivity index (χ3v) is 8.89. The van der Waals surface area contributed by atoms with Gasteiger partial charge in [-0.15, -0.1) is 0 Å².